The zero-order valence-corrected chi connectivity index (χ0v) is 18.2. The van der Waals surface area contributed by atoms with Crippen LogP contribution in [0.3, 0.4) is 0 Å². The number of hydrogen-bond donors (Lipinski definition) is 1. The number of rotatable bonds is 7. The summed E-state index contributed by atoms with van der Waals surface area (Å²) in [4.78, 5) is 41.9. The molecular weight excluding hydrogens is 447 g/mol. The second-order valence-corrected chi connectivity index (χ2v) is 7.03. The molecule has 174 valence electrons. The Balaban J connectivity index is 1.64. The van der Waals surface area contributed by atoms with Crippen molar-refractivity contribution in [1.82, 2.24) is 29.8 Å². The topological polar surface area (TPSA) is 134 Å². The summed E-state index contributed by atoms with van der Waals surface area (Å²) in [6.07, 6.45) is 0. The van der Waals surface area contributed by atoms with E-state index in [2.05, 4.69) is 20.6 Å². The van der Waals surface area contributed by atoms with Crippen molar-refractivity contribution in [2.45, 2.75) is 20.0 Å². The summed E-state index contributed by atoms with van der Waals surface area (Å²) in [6.45, 7) is 1.82. The molecule has 2 aromatic carbocycles. The van der Waals surface area contributed by atoms with E-state index in [4.69, 9.17) is 9.26 Å². The number of methoxy groups -OCH3 is 1. The van der Waals surface area contributed by atoms with Gasteiger partial charge in [0, 0.05) is 13.1 Å². The van der Waals surface area contributed by atoms with Crippen LogP contribution < -0.4 is 21.3 Å². The molecule has 0 aliphatic rings. The van der Waals surface area contributed by atoms with E-state index < -0.39 is 23.0 Å². The molecule has 0 aliphatic heterocycles. The second-order valence-electron chi connectivity index (χ2n) is 7.03. The Morgan fingerprint density at radius 2 is 1.94 bits per heavy atom. The van der Waals surface area contributed by atoms with Gasteiger partial charge in [-0.05, 0) is 48.9 Å². The fourth-order valence-electron chi connectivity index (χ4n) is 3.14. The quantitative estimate of drug-likeness (QED) is 0.434. The maximum atomic E-state index is 13.3. The molecule has 0 saturated carbocycles. The molecule has 2 aromatic heterocycles. The van der Waals surface area contributed by atoms with Gasteiger partial charge in [0.25, 0.3) is 5.56 Å². The number of nitrogens with one attached hydrogen (secondary N) is 1. The average molecular weight is 466 g/mol. The van der Waals surface area contributed by atoms with E-state index in [1.165, 1.54) is 19.2 Å². The van der Waals surface area contributed by atoms with Crippen molar-refractivity contribution in [1.29, 1.82) is 0 Å². The van der Waals surface area contributed by atoms with Crippen molar-refractivity contribution >= 4 is 5.91 Å². The molecular formula is C22H19FN6O5. The van der Waals surface area contributed by atoms with Crippen LogP contribution in [-0.4, -0.2) is 37.5 Å². The summed E-state index contributed by atoms with van der Waals surface area (Å²) in [5.41, 5.74) is -0.764. The molecule has 0 saturated heterocycles. The van der Waals surface area contributed by atoms with Gasteiger partial charge in [0.2, 0.25) is 5.82 Å². The molecule has 0 fully saturated rings. The van der Waals surface area contributed by atoms with E-state index in [0.29, 0.717) is 5.75 Å². The van der Waals surface area contributed by atoms with Crippen LogP contribution in [0.4, 0.5) is 4.39 Å². The van der Waals surface area contributed by atoms with Gasteiger partial charge in [-0.15, -0.1) is 0 Å². The first-order valence-corrected chi connectivity index (χ1v) is 10.2. The van der Waals surface area contributed by atoms with Crippen molar-refractivity contribution in [2.24, 2.45) is 0 Å². The van der Waals surface area contributed by atoms with Gasteiger partial charge in [-0.3, -0.25) is 14.2 Å². The van der Waals surface area contributed by atoms with E-state index in [9.17, 15) is 18.8 Å². The molecule has 0 radical (unpaired) electrons. The lowest BCUT2D eigenvalue weighted by Gasteiger charge is -2.09. The normalized spacial score (nSPS) is 10.8. The van der Waals surface area contributed by atoms with Crippen molar-refractivity contribution in [3.63, 3.8) is 0 Å². The summed E-state index contributed by atoms with van der Waals surface area (Å²) in [6, 6.07) is 12.1. The van der Waals surface area contributed by atoms with Crippen molar-refractivity contribution in [2.75, 3.05) is 7.11 Å². The monoisotopic (exact) mass is 466 g/mol. The number of amides is 1. The maximum Gasteiger partial charge on any atom is 0.352 e. The highest BCUT2D eigenvalue weighted by Gasteiger charge is 2.22. The molecule has 0 atom stereocenters. The van der Waals surface area contributed by atoms with Gasteiger partial charge in [-0.1, -0.05) is 17.3 Å². The van der Waals surface area contributed by atoms with Crippen LogP contribution in [-0.2, 0) is 13.1 Å². The van der Waals surface area contributed by atoms with Crippen LogP contribution in [0.5, 0.6) is 5.75 Å². The average Bonchev–Trinajstić information content (AvgIpc) is 3.34. The van der Waals surface area contributed by atoms with E-state index in [0.717, 1.165) is 26.9 Å². The first-order valence-electron chi connectivity index (χ1n) is 10.2. The molecule has 34 heavy (non-hydrogen) atoms. The molecule has 0 spiro atoms. The fourth-order valence-corrected chi connectivity index (χ4v) is 3.14. The molecule has 2 heterocycles. The Labute approximate surface area is 191 Å². The van der Waals surface area contributed by atoms with E-state index in [1.54, 1.807) is 31.2 Å². The summed E-state index contributed by atoms with van der Waals surface area (Å²) < 4.78 is 25.3. The second kappa shape index (κ2) is 9.48. The van der Waals surface area contributed by atoms with E-state index in [1.807, 2.05) is 0 Å². The van der Waals surface area contributed by atoms with Gasteiger partial charge >= 0.3 is 17.5 Å². The van der Waals surface area contributed by atoms with Gasteiger partial charge in [0.05, 0.1) is 12.8 Å². The first-order chi connectivity index (χ1) is 16.4. The third kappa shape index (κ3) is 4.46. The Bertz CT molecular complexity index is 1460. The Morgan fingerprint density at radius 1 is 1.18 bits per heavy atom. The molecule has 4 aromatic rings. The van der Waals surface area contributed by atoms with Gasteiger partial charge < -0.3 is 14.6 Å². The van der Waals surface area contributed by atoms with Crippen LogP contribution in [0.15, 0.2) is 62.6 Å². The largest absolute Gasteiger partial charge is 0.497 e. The molecule has 0 bridgehead atoms. The summed E-state index contributed by atoms with van der Waals surface area (Å²) in [5, 5.41) is 10.4. The summed E-state index contributed by atoms with van der Waals surface area (Å²) in [5.74, 6) is -1.18. The minimum absolute atomic E-state index is 0.0418. The van der Waals surface area contributed by atoms with Crippen LogP contribution >= 0.6 is 0 Å². The number of halogens is 1. The van der Waals surface area contributed by atoms with Crippen LogP contribution in [0.25, 0.3) is 17.2 Å². The van der Waals surface area contributed by atoms with Crippen molar-refractivity contribution in [3.8, 4) is 23.0 Å². The zero-order chi connectivity index (χ0) is 24.2. The van der Waals surface area contributed by atoms with E-state index in [-0.39, 0.29) is 36.2 Å². The highest BCUT2D eigenvalue weighted by Crippen LogP contribution is 2.13. The number of aromatic nitrogens is 5. The molecule has 4 rings (SSSR count). The number of nitrogens with zero attached hydrogens (tertiary/aromatic N) is 5. The smallest absolute Gasteiger partial charge is 0.352 e. The standard InChI is InChI=1S/C22H19FN6O5/c1-3-28-21(31)17(26-29(22(28)32)15-9-7-14(23)8-10-15)18-25-20(34-27-18)19(30)24-12-13-5-4-6-16(11-13)33-2/h4-11H,3,12H2,1-2H3,(H,24,30). The van der Waals surface area contributed by atoms with Gasteiger partial charge in [0.1, 0.15) is 11.6 Å². The maximum absolute atomic E-state index is 13.3. The molecule has 0 aliphatic carbocycles. The number of carbonyl (C=O) groups is 1. The molecule has 11 nitrogen and oxygen atoms in total. The molecule has 0 unspecified atom stereocenters. The number of carbonyl (C=O) groups excluding carboxylic acids is 1. The van der Waals surface area contributed by atoms with Crippen LogP contribution in [0.2, 0.25) is 0 Å². The third-order valence-corrected chi connectivity index (χ3v) is 4.87. The highest BCUT2D eigenvalue weighted by molar-refractivity contribution is 5.89. The van der Waals surface area contributed by atoms with Gasteiger partial charge in [-0.25, -0.2) is 9.18 Å². The zero-order valence-electron chi connectivity index (χ0n) is 18.2. The minimum Gasteiger partial charge on any atom is -0.497 e. The van der Waals surface area contributed by atoms with Crippen LogP contribution in [0, 0.1) is 5.82 Å². The third-order valence-electron chi connectivity index (χ3n) is 4.87. The fraction of sp³-hybridized carbons (Fsp3) is 0.182. The predicted octanol–water partition coefficient (Wildman–Crippen LogP) is 1.54. The Hall–Kier alpha value is -4.61. The number of benzene rings is 2. The lowest BCUT2D eigenvalue weighted by atomic mass is 10.2. The minimum atomic E-state index is -0.755. The SMILES string of the molecule is CCn1c(=O)c(-c2noc(C(=O)NCc3cccc(OC)c3)n2)nn(-c2ccc(F)cc2)c1=O. The van der Waals surface area contributed by atoms with Gasteiger partial charge in [0.15, 0.2) is 5.69 Å². The van der Waals surface area contributed by atoms with Crippen molar-refractivity contribution in [3.05, 3.63) is 86.6 Å². The lowest BCUT2D eigenvalue weighted by molar-refractivity contribution is 0.0907. The van der Waals surface area contributed by atoms with Gasteiger partial charge in [-0.2, -0.15) is 14.8 Å². The van der Waals surface area contributed by atoms with E-state index >= 15 is 0 Å². The molecule has 1 N–H and O–H groups in total. The Kier molecular flexibility index (Phi) is 6.30. The Morgan fingerprint density at radius 3 is 2.65 bits per heavy atom. The number of hydrogen-bond acceptors (Lipinski definition) is 8. The molecule has 1 amide bonds. The lowest BCUT2D eigenvalue weighted by Crippen LogP contribution is -2.41. The predicted molar refractivity (Wildman–Crippen MR) is 117 cm³/mol. The number of ether oxygens (including phenoxy) is 1. The molecule has 12 heteroatoms. The van der Waals surface area contributed by atoms with Crippen molar-refractivity contribution < 1.29 is 18.4 Å². The first kappa shape index (κ1) is 22.6. The van der Waals surface area contributed by atoms with Crippen LogP contribution in [0.1, 0.15) is 23.2 Å². The summed E-state index contributed by atoms with van der Waals surface area (Å²) in [7, 11) is 1.54. The summed E-state index contributed by atoms with van der Waals surface area (Å²) >= 11 is 0. The highest BCUT2D eigenvalue weighted by atomic mass is 19.1.